The lowest BCUT2D eigenvalue weighted by Crippen LogP contribution is -2.47. The number of carbonyl (C=O) groups is 2. The van der Waals surface area contributed by atoms with E-state index in [1.807, 2.05) is 13.0 Å². The van der Waals surface area contributed by atoms with Gasteiger partial charge in [-0.2, -0.15) is 0 Å². The second-order valence-corrected chi connectivity index (χ2v) is 6.65. The average Bonchev–Trinajstić information content (AvgIpc) is 2.30. The molecule has 1 amide bonds. The summed E-state index contributed by atoms with van der Waals surface area (Å²) >= 11 is 0. The number of carboxylic acids is 1. The summed E-state index contributed by atoms with van der Waals surface area (Å²) in [6.07, 6.45) is 3.76. The van der Waals surface area contributed by atoms with Gasteiger partial charge in [-0.1, -0.05) is 19.9 Å². The predicted octanol–water partition coefficient (Wildman–Crippen LogP) is 3.59. The molecule has 0 aromatic carbocycles. The van der Waals surface area contributed by atoms with Gasteiger partial charge in [0.2, 0.25) is 0 Å². The molecule has 0 aliphatic carbocycles. The Morgan fingerprint density at radius 1 is 1.33 bits per heavy atom. The molecule has 0 aliphatic heterocycles. The van der Waals surface area contributed by atoms with Crippen LogP contribution in [0.5, 0.6) is 0 Å². The highest BCUT2D eigenvalue weighted by molar-refractivity contribution is 5.80. The first-order valence-corrected chi connectivity index (χ1v) is 7.40. The third-order valence-corrected chi connectivity index (χ3v) is 3.15. The lowest BCUT2D eigenvalue weighted by Gasteiger charge is -2.26. The summed E-state index contributed by atoms with van der Waals surface area (Å²) in [5.74, 6) is -0.834. The van der Waals surface area contributed by atoms with Gasteiger partial charge < -0.3 is 15.2 Å². The molecule has 0 aliphatic rings. The lowest BCUT2D eigenvalue weighted by atomic mass is 9.89. The molecule has 0 saturated heterocycles. The van der Waals surface area contributed by atoms with Crippen molar-refractivity contribution in [2.24, 2.45) is 11.8 Å². The van der Waals surface area contributed by atoms with Gasteiger partial charge in [0.25, 0.3) is 0 Å². The summed E-state index contributed by atoms with van der Waals surface area (Å²) in [5.41, 5.74) is -0.645. The number of allylic oxidation sites excluding steroid dienone is 1. The second-order valence-electron chi connectivity index (χ2n) is 6.65. The highest BCUT2D eigenvalue weighted by Gasteiger charge is 2.29. The molecule has 0 aromatic heterocycles. The highest BCUT2D eigenvalue weighted by Crippen LogP contribution is 2.20. The van der Waals surface area contributed by atoms with E-state index in [0.717, 1.165) is 19.3 Å². The molecule has 0 radical (unpaired) electrons. The topological polar surface area (TPSA) is 75.6 Å². The van der Waals surface area contributed by atoms with E-state index >= 15 is 0 Å². The van der Waals surface area contributed by atoms with Gasteiger partial charge in [-0.05, 0) is 51.9 Å². The fraction of sp³-hybridized carbons (Fsp3) is 0.750. The molecule has 0 heterocycles. The number of carboxylic acid groups (broad SMARTS) is 1. The Kier molecular flexibility index (Phi) is 8.07. The van der Waals surface area contributed by atoms with Crippen molar-refractivity contribution in [3.8, 4) is 0 Å². The number of hydrogen-bond donors (Lipinski definition) is 2. The molecule has 2 N–H and O–H groups in total. The van der Waals surface area contributed by atoms with Crippen molar-refractivity contribution < 1.29 is 19.4 Å². The van der Waals surface area contributed by atoms with E-state index in [0.29, 0.717) is 5.92 Å². The van der Waals surface area contributed by atoms with Crippen LogP contribution in [0.1, 0.15) is 53.9 Å². The first kappa shape index (κ1) is 19.5. The molecular formula is C16H29NO4. The Balaban J connectivity index is 4.56. The van der Waals surface area contributed by atoms with E-state index in [9.17, 15) is 14.7 Å². The molecule has 0 rings (SSSR count). The molecule has 3 unspecified atom stereocenters. The Hall–Kier alpha value is -1.52. The smallest absolute Gasteiger partial charge is 0.408 e. The summed E-state index contributed by atoms with van der Waals surface area (Å²) in [5, 5.41) is 11.7. The summed E-state index contributed by atoms with van der Waals surface area (Å²) in [6, 6.07) is -0.939. The number of hydrogen-bond acceptors (Lipinski definition) is 3. The molecule has 21 heavy (non-hydrogen) atoms. The van der Waals surface area contributed by atoms with Gasteiger partial charge in [0.15, 0.2) is 0 Å². The zero-order valence-electron chi connectivity index (χ0n) is 13.8. The van der Waals surface area contributed by atoms with Gasteiger partial charge >= 0.3 is 12.1 Å². The van der Waals surface area contributed by atoms with Crippen LogP contribution >= 0.6 is 0 Å². The molecule has 0 saturated carbocycles. The Morgan fingerprint density at radius 3 is 2.33 bits per heavy atom. The van der Waals surface area contributed by atoms with Crippen LogP contribution in [0.2, 0.25) is 0 Å². The number of alkyl carbamates (subject to hydrolysis) is 1. The average molecular weight is 299 g/mol. The minimum Gasteiger partial charge on any atom is -0.480 e. The van der Waals surface area contributed by atoms with Gasteiger partial charge in [-0.15, -0.1) is 6.58 Å². The summed E-state index contributed by atoms with van der Waals surface area (Å²) in [6.45, 7) is 12.8. The minimum absolute atomic E-state index is 0.171. The van der Waals surface area contributed by atoms with Gasteiger partial charge in [-0.25, -0.2) is 9.59 Å². The van der Waals surface area contributed by atoms with E-state index in [1.165, 1.54) is 0 Å². The monoisotopic (exact) mass is 299 g/mol. The Bertz CT molecular complexity index is 360. The number of carbonyl (C=O) groups excluding carboxylic acids is 1. The van der Waals surface area contributed by atoms with Gasteiger partial charge in [0.1, 0.15) is 11.6 Å². The van der Waals surface area contributed by atoms with Gasteiger partial charge in [-0.3, -0.25) is 0 Å². The summed E-state index contributed by atoms with van der Waals surface area (Å²) < 4.78 is 5.11. The van der Waals surface area contributed by atoms with Crippen molar-refractivity contribution >= 4 is 12.1 Å². The molecule has 0 aromatic rings. The normalized spacial score (nSPS) is 15.7. The van der Waals surface area contributed by atoms with Crippen molar-refractivity contribution in [1.29, 1.82) is 0 Å². The lowest BCUT2D eigenvalue weighted by molar-refractivity contribution is -0.141. The molecule has 5 heteroatoms. The van der Waals surface area contributed by atoms with Crippen LogP contribution in [-0.4, -0.2) is 28.8 Å². The van der Waals surface area contributed by atoms with Crippen LogP contribution in [0.3, 0.4) is 0 Å². The molecule has 0 bridgehead atoms. The molecule has 3 atom stereocenters. The summed E-state index contributed by atoms with van der Waals surface area (Å²) in [4.78, 5) is 23.1. The van der Waals surface area contributed by atoms with Gasteiger partial charge in [0, 0.05) is 0 Å². The quantitative estimate of drug-likeness (QED) is 0.672. The van der Waals surface area contributed by atoms with E-state index in [1.54, 1.807) is 20.8 Å². The van der Waals surface area contributed by atoms with E-state index in [2.05, 4.69) is 18.8 Å². The number of rotatable bonds is 8. The first-order chi connectivity index (χ1) is 9.56. The number of amides is 1. The third-order valence-electron chi connectivity index (χ3n) is 3.15. The largest absolute Gasteiger partial charge is 0.480 e. The maximum absolute atomic E-state index is 11.7. The molecule has 5 nitrogen and oxygen atoms in total. The number of nitrogens with one attached hydrogen (secondary N) is 1. The highest BCUT2D eigenvalue weighted by atomic mass is 16.6. The number of ether oxygens (including phenoxy) is 1. The van der Waals surface area contributed by atoms with Crippen LogP contribution in [0.15, 0.2) is 12.7 Å². The number of aliphatic carboxylic acids is 1. The van der Waals surface area contributed by atoms with Gasteiger partial charge in [0.05, 0.1) is 0 Å². The van der Waals surface area contributed by atoms with Crippen LogP contribution in [0.25, 0.3) is 0 Å². The second kappa shape index (κ2) is 8.70. The van der Waals surface area contributed by atoms with Crippen molar-refractivity contribution in [1.82, 2.24) is 5.32 Å². The molecule has 122 valence electrons. The predicted molar refractivity (Wildman–Crippen MR) is 83.2 cm³/mol. The summed E-state index contributed by atoms with van der Waals surface area (Å²) in [7, 11) is 0. The van der Waals surface area contributed by atoms with Crippen molar-refractivity contribution in [2.45, 2.75) is 65.5 Å². The third kappa shape index (κ3) is 9.10. The van der Waals surface area contributed by atoms with E-state index in [4.69, 9.17) is 4.74 Å². The zero-order chi connectivity index (χ0) is 16.6. The Morgan fingerprint density at radius 2 is 1.90 bits per heavy atom. The minimum atomic E-state index is -1.04. The fourth-order valence-corrected chi connectivity index (χ4v) is 2.17. The first-order valence-electron chi connectivity index (χ1n) is 7.40. The van der Waals surface area contributed by atoms with Crippen LogP contribution in [0, 0.1) is 11.8 Å². The van der Waals surface area contributed by atoms with E-state index < -0.39 is 23.7 Å². The van der Waals surface area contributed by atoms with Crippen molar-refractivity contribution in [3.63, 3.8) is 0 Å². The van der Waals surface area contributed by atoms with E-state index in [-0.39, 0.29) is 5.92 Å². The fourth-order valence-electron chi connectivity index (χ4n) is 2.17. The van der Waals surface area contributed by atoms with Crippen LogP contribution < -0.4 is 5.32 Å². The molecule has 0 spiro atoms. The molecule has 0 fully saturated rings. The Labute approximate surface area is 127 Å². The molecular weight excluding hydrogens is 270 g/mol. The zero-order valence-corrected chi connectivity index (χ0v) is 13.8. The standard InChI is InChI=1S/C16H29NO4/c1-7-8-9-11(2)10-12(3)13(14(18)19)17-15(20)21-16(4,5)6/h7,11-13H,1,8-10H2,2-6H3,(H,17,20)(H,18,19). The SMILES string of the molecule is C=CCCC(C)CC(C)C(NC(=O)OC(C)(C)C)C(=O)O. The van der Waals surface area contributed by atoms with Crippen LogP contribution in [0.4, 0.5) is 4.79 Å². The maximum Gasteiger partial charge on any atom is 0.408 e. The van der Waals surface area contributed by atoms with Crippen LogP contribution in [-0.2, 0) is 9.53 Å². The van der Waals surface area contributed by atoms with Crippen molar-refractivity contribution in [2.75, 3.05) is 0 Å². The maximum atomic E-state index is 11.7. The van der Waals surface area contributed by atoms with Crippen molar-refractivity contribution in [3.05, 3.63) is 12.7 Å².